The molecule has 0 radical (unpaired) electrons. The van der Waals surface area contributed by atoms with E-state index in [0.717, 1.165) is 37.3 Å². The number of halogens is 1. The van der Waals surface area contributed by atoms with Gasteiger partial charge >= 0.3 is 0 Å². The summed E-state index contributed by atoms with van der Waals surface area (Å²) in [6.07, 6.45) is 7.20. The van der Waals surface area contributed by atoms with Crippen molar-refractivity contribution < 1.29 is 4.79 Å². The van der Waals surface area contributed by atoms with Gasteiger partial charge in [-0.2, -0.15) is 5.10 Å². The average Bonchev–Trinajstić information content (AvgIpc) is 3.30. The summed E-state index contributed by atoms with van der Waals surface area (Å²) in [5.41, 5.74) is 2.64. The summed E-state index contributed by atoms with van der Waals surface area (Å²) in [4.78, 5) is 26.3. The second kappa shape index (κ2) is 9.26. The molecule has 2 aliphatic rings. The van der Waals surface area contributed by atoms with Crippen LogP contribution in [0.2, 0.25) is 5.02 Å². The van der Waals surface area contributed by atoms with Crippen molar-refractivity contribution in [2.45, 2.75) is 18.8 Å². The van der Waals surface area contributed by atoms with Gasteiger partial charge in [-0.25, -0.2) is 14.6 Å². The van der Waals surface area contributed by atoms with Crippen LogP contribution in [-0.4, -0.2) is 69.8 Å². The molecule has 0 aliphatic carbocycles. The monoisotopic (exact) mass is 451 g/mol. The highest BCUT2D eigenvalue weighted by atomic mass is 35.5. The van der Waals surface area contributed by atoms with Gasteiger partial charge in [0.25, 0.3) is 5.91 Å². The predicted molar refractivity (Wildman–Crippen MR) is 124 cm³/mol. The number of rotatable bonds is 4. The highest BCUT2D eigenvalue weighted by molar-refractivity contribution is 6.30. The van der Waals surface area contributed by atoms with Crippen molar-refractivity contribution in [3.8, 4) is 5.69 Å². The summed E-state index contributed by atoms with van der Waals surface area (Å²) in [6, 6.07) is 9.43. The molecule has 166 valence electrons. The minimum Gasteiger partial charge on any atom is -0.337 e. The largest absolute Gasteiger partial charge is 0.337 e. The zero-order valence-electron chi connectivity index (χ0n) is 17.8. The highest BCUT2D eigenvalue weighted by Crippen LogP contribution is 2.31. The van der Waals surface area contributed by atoms with Gasteiger partial charge in [0.05, 0.1) is 23.1 Å². The summed E-state index contributed by atoms with van der Waals surface area (Å²) >= 11 is 6.09. The Hall–Kier alpha value is -2.97. The number of benzene rings is 1. The number of piperazine rings is 1. The quantitative estimate of drug-likeness (QED) is 0.657. The van der Waals surface area contributed by atoms with Crippen molar-refractivity contribution in [2.75, 3.05) is 44.2 Å². The van der Waals surface area contributed by atoms with E-state index in [0.29, 0.717) is 42.7 Å². The molecule has 0 bridgehead atoms. The molecule has 1 amide bonds. The molecule has 4 heterocycles. The van der Waals surface area contributed by atoms with Gasteiger partial charge in [0, 0.05) is 49.5 Å². The third-order valence-corrected chi connectivity index (χ3v) is 6.49. The predicted octanol–water partition coefficient (Wildman–Crippen LogP) is 2.75. The molecule has 32 heavy (non-hydrogen) atoms. The van der Waals surface area contributed by atoms with Crippen molar-refractivity contribution in [1.29, 1.82) is 0 Å². The maximum Gasteiger partial charge on any atom is 0.257 e. The Morgan fingerprint density at radius 3 is 2.38 bits per heavy atom. The molecule has 2 aliphatic heterocycles. The minimum atomic E-state index is 0.0485. The number of nitrogens with one attached hydrogen (secondary N) is 1. The van der Waals surface area contributed by atoms with Crippen molar-refractivity contribution >= 4 is 23.5 Å². The van der Waals surface area contributed by atoms with Crippen LogP contribution in [0.5, 0.6) is 0 Å². The number of carbonyl (C=O) groups excluding carboxylic acids is 1. The van der Waals surface area contributed by atoms with Crippen LogP contribution in [0.3, 0.4) is 0 Å². The average molecular weight is 452 g/mol. The molecule has 2 fully saturated rings. The first kappa shape index (κ1) is 20.9. The van der Waals surface area contributed by atoms with Crippen molar-refractivity contribution in [1.82, 2.24) is 30.0 Å². The van der Waals surface area contributed by atoms with Gasteiger partial charge in [0.15, 0.2) is 0 Å². The van der Waals surface area contributed by atoms with Gasteiger partial charge in [-0.3, -0.25) is 4.79 Å². The molecule has 3 aromatic rings. The van der Waals surface area contributed by atoms with E-state index in [1.807, 2.05) is 39.9 Å². The highest BCUT2D eigenvalue weighted by Gasteiger charge is 2.31. The van der Waals surface area contributed by atoms with E-state index in [9.17, 15) is 4.79 Å². The number of aromatic nitrogens is 4. The fourth-order valence-corrected chi connectivity index (χ4v) is 4.66. The molecule has 0 saturated carbocycles. The van der Waals surface area contributed by atoms with Gasteiger partial charge in [0.2, 0.25) is 5.95 Å². The zero-order valence-corrected chi connectivity index (χ0v) is 18.6. The smallest absolute Gasteiger partial charge is 0.257 e. The van der Waals surface area contributed by atoms with Crippen molar-refractivity contribution in [3.05, 3.63) is 65.2 Å². The molecule has 1 aromatic carbocycles. The first-order chi connectivity index (χ1) is 15.7. The number of amides is 1. The Balaban J connectivity index is 1.40. The zero-order chi connectivity index (χ0) is 21.9. The Morgan fingerprint density at radius 1 is 1.00 bits per heavy atom. The van der Waals surface area contributed by atoms with Crippen LogP contribution in [0, 0.1) is 0 Å². The topological polar surface area (TPSA) is 79.2 Å². The molecule has 0 atom stereocenters. The molecular formula is C23H26ClN7O. The number of anilines is 1. The van der Waals surface area contributed by atoms with E-state index in [1.54, 1.807) is 18.6 Å². The standard InChI is InChI=1S/C23H26ClN7O/c24-18-2-4-19(5-3-18)31-21(17-6-10-25-11-7-17)20(16-28-31)22(32)29-12-14-30(15-13-29)23-26-8-1-9-27-23/h1-5,8-9,16-17,25H,6-7,10-15H2. The SMILES string of the molecule is O=C(c1cnn(-c2ccc(Cl)cc2)c1C1CCNCC1)N1CCN(c2ncccn2)CC1. The lowest BCUT2D eigenvalue weighted by atomic mass is 9.91. The van der Waals surface area contributed by atoms with Crippen LogP contribution in [0.15, 0.2) is 48.9 Å². The van der Waals surface area contributed by atoms with Crippen LogP contribution >= 0.6 is 11.6 Å². The van der Waals surface area contributed by atoms with Crippen LogP contribution < -0.4 is 10.2 Å². The van der Waals surface area contributed by atoms with E-state index < -0.39 is 0 Å². The van der Waals surface area contributed by atoms with E-state index in [-0.39, 0.29) is 11.8 Å². The fourth-order valence-electron chi connectivity index (χ4n) is 4.53. The molecule has 2 saturated heterocycles. The summed E-state index contributed by atoms with van der Waals surface area (Å²) in [6.45, 7) is 4.58. The third kappa shape index (κ3) is 4.20. The maximum absolute atomic E-state index is 13.6. The molecule has 1 N–H and O–H groups in total. The van der Waals surface area contributed by atoms with Gasteiger partial charge in [0.1, 0.15) is 0 Å². The van der Waals surface area contributed by atoms with Gasteiger partial charge in [-0.15, -0.1) is 0 Å². The second-order valence-electron chi connectivity index (χ2n) is 8.18. The molecule has 9 heteroatoms. The van der Waals surface area contributed by atoms with E-state index in [2.05, 4.69) is 25.3 Å². The summed E-state index contributed by atoms with van der Waals surface area (Å²) in [5, 5.41) is 8.74. The normalized spacial score (nSPS) is 17.5. The second-order valence-corrected chi connectivity index (χ2v) is 8.62. The van der Waals surface area contributed by atoms with Gasteiger partial charge < -0.3 is 15.1 Å². The van der Waals surface area contributed by atoms with E-state index in [4.69, 9.17) is 11.6 Å². The molecule has 5 rings (SSSR count). The molecule has 0 unspecified atom stereocenters. The van der Waals surface area contributed by atoms with Gasteiger partial charge in [-0.05, 0) is 56.3 Å². The minimum absolute atomic E-state index is 0.0485. The third-order valence-electron chi connectivity index (χ3n) is 6.24. The lowest BCUT2D eigenvalue weighted by molar-refractivity contribution is 0.0744. The number of carbonyl (C=O) groups is 1. The summed E-state index contributed by atoms with van der Waals surface area (Å²) in [7, 11) is 0. The fraction of sp³-hybridized carbons (Fsp3) is 0.391. The lowest BCUT2D eigenvalue weighted by Crippen LogP contribution is -2.49. The first-order valence-electron chi connectivity index (χ1n) is 11.1. The van der Waals surface area contributed by atoms with Crippen molar-refractivity contribution in [3.63, 3.8) is 0 Å². The Bertz CT molecular complexity index is 1060. The Kier molecular flexibility index (Phi) is 6.05. The van der Waals surface area contributed by atoms with Gasteiger partial charge in [-0.1, -0.05) is 11.6 Å². The Morgan fingerprint density at radius 2 is 1.69 bits per heavy atom. The Labute approximate surface area is 192 Å². The van der Waals surface area contributed by atoms with E-state index in [1.165, 1.54) is 0 Å². The number of piperidine rings is 1. The maximum atomic E-state index is 13.6. The molecular weight excluding hydrogens is 426 g/mol. The number of hydrogen-bond acceptors (Lipinski definition) is 6. The summed E-state index contributed by atoms with van der Waals surface area (Å²) < 4.78 is 1.92. The van der Waals surface area contributed by atoms with Crippen LogP contribution in [0.4, 0.5) is 5.95 Å². The number of nitrogens with zero attached hydrogens (tertiary/aromatic N) is 6. The van der Waals surface area contributed by atoms with Crippen LogP contribution in [-0.2, 0) is 0 Å². The van der Waals surface area contributed by atoms with E-state index >= 15 is 0 Å². The molecule has 2 aromatic heterocycles. The summed E-state index contributed by atoms with van der Waals surface area (Å²) in [5.74, 6) is 1.05. The van der Waals surface area contributed by atoms with Crippen molar-refractivity contribution in [2.24, 2.45) is 0 Å². The molecule has 0 spiro atoms. The number of hydrogen-bond donors (Lipinski definition) is 1. The van der Waals surface area contributed by atoms with Crippen LogP contribution in [0.1, 0.15) is 34.8 Å². The first-order valence-corrected chi connectivity index (χ1v) is 11.4. The lowest BCUT2D eigenvalue weighted by Gasteiger charge is -2.35. The molecule has 8 nitrogen and oxygen atoms in total. The van der Waals surface area contributed by atoms with Crippen LogP contribution in [0.25, 0.3) is 5.69 Å².